The molecule has 4 heteroatoms. The van der Waals surface area contributed by atoms with Crippen LogP contribution in [0.5, 0.6) is 17.2 Å². The molecular formula is C23H24O4. The van der Waals surface area contributed by atoms with Crippen molar-refractivity contribution in [2.45, 2.75) is 38.7 Å². The van der Waals surface area contributed by atoms with E-state index in [4.69, 9.17) is 14.2 Å². The molecule has 0 radical (unpaired) electrons. The minimum Gasteiger partial charge on any atom is -0.496 e. The highest BCUT2D eigenvalue weighted by Crippen LogP contribution is 2.40. The third kappa shape index (κ3) is 3.20. The Balaban J connectivity index is 1.69. The van der Waals surface area contributed by atoms with Crippen LogP contribution in [0.1, 0.15) is 53.2 Å². The summed E-state index contributed by atoms with van der Waals surface area (Å²) in [5.41, 5.74) is 3.21. The topological polar surface area (TPSA) is 44.8 Å². The molecule has 0 saturated carbocycles. The van der Waals surface area contributed by atoms with E-state index in [0.29, 0.717) is 18.6 Å². The van der Waals surface area contributed by atoms with Gasteiger partial charge in [-0.05, 0) is 69.2 Å². The highest BCUT2D eigenvalue weighted by atomic mass is 16.5. The summed E-state index contributed by atoms with van der Waals surface area (Å²) in [6, 6.07) is 9.57. The molecular weight excluding hydrogens is 340 g/mol. The third-order valence-corrected chi connectivity index (χ3v) is 5.21. The Bertz CT molecular complexity index is 940. The number of fused-ring (bicyclic) bond motifs is 2. The molecule has 4 rings (SSSR count). The van der Waals surface area contributed by atoms with E-state index in [2.05, 4.69) is 0 Å². The summed E-state index contributed by atoms with van der Waals surface area (Å²) in [5.74, 6) is 2.24. The van der Waals surface area contributed by atoms with Crippen molar-refractivity contribution < 1.29 is 19.0 Å². The largest absolute Gasteiger partial charge is 0.496 e. The number of benzene rings is 2. The first kappa shape index (κ1) is 17.7. The van der Waals surface area contributed by atoms with E-state index in [1.165, 1.54) is 0 Å². The van der Waals surface area contributed by atoms with Crippen molar-refractivity contribution in [3.8, 4) is 17.2 Å². The SMILES string of the molecule is COc1cc2c(cc1C)OCCC2C(=O)c1ccc2c(c1)C=CC(C)(C)O2. The molecule has 2 heterocycles. The number of carbonyl (C=O) groups excluding carboxylic acids is 1. The lowest BCUT2D eigenvalue weighted by Crippen LogP contribution is -2.27. The summed E-state index contributed by atoms with van der Waals surface area (Å²) in [4.78, 5) is 13.3. The second kappa shape index (κ2) is 6.45. The Kier molecular flexibility index (Phi) is 4.22. The number of ether oxygens (including phenoxy) is 3. The number of Topliss-reactive ketones (excluding diaryl/α,β-unsaturated/α-hetero) is 1. The molecule has 1 unspecified atom stereocenters. The lowest BCUT2D eigenvalue weighted by atomic mass is 9.85. The van der Waals surface area contributed by atoms with Crippen LogP contribution in [0.25, 0.3) is 6.08 Å². The molecule has 0 aromatic heterocycles. The van der Waals surface area contributed by atoms with E-state index in [9.17, 15) is 4.79 Å². The van der Waals surface area contributed by atoms with Gasteiger partial charge >= 0.3 is 0 Å². The molecule has 0 amide bonds. The molecule has 4 nitrogen and oxygen atoms in total. The van der Waals surface area contributed by atoms with Gasteiger partial charge in [0, 0.05) is 16.7 Å². The van der Waals surface area contributed by atoms with E-state index in [1.54, 1.807) is 7.11 Å². The number of methoxy groups -OCH3 is 1. The van der Waals surface area contributed by atoms with E-state index < -0.39 is 0 Å². The maximum atomic E-state index is 13.3. The van der Waals surface area contributed by atoms with Crippen molar-refractivity contribution in [3.05, 3.63) is 58.7 Å². The molecule has 0 aliphatic carbocycles. The van der Waals surface area contributed by atoms with Gasteiger partial charge in [-0.1, -0.05) is 6.08 Å². The molecule has 0 spiro atoms. The van der Waals surface area contributed by atoms with Crippen LogP contribution in [0.3, 0.4) is 0 Å². The molecule has 0 fully saturated rings. The van der Waals surface area contributed by atoms with Crippen molar-refractivity contribution in [1.82, 2.24) is 0 Å². The first-order valence-corrected chi connectivity index (χ1v) is 9.26. The van der Waals surface area contributed by atoms with Crippen LogP contribution in [0.2, 0.25) is 0 Å². The predicted molar refractivity (Wildman–Crippen MR) is 105 cm³/mol. The van der Waals surface area contributed by atoms with Crippen LogP contribution in [0.4, 0.5) is 0 Å². The van der Waals surface area contributed by atoms with Crippen LogP contribution >= 0.6 is 0 Å². The van der Waals surface area contributed by atoms with Gasteiger partial charge in [-0.2, -0.15) is 0 Å². The lowest BCUT2D eigenvalue weighted by Gasteiger charge is -2.29. The first-order chi connectivity index (χ1) is 12.9. The molecule has 0 bridgehead atoms. The van der Waals surface area contributed by atoms with Crippen LogP contribution < -0.4 is 14.2 Å². The highest BCUT2D eigenvalue weighted by molar-refractivity contribution is 6.02. The molecule has 27 heavy (non-hydrogen) atoms. The fraction of sp³-hybridized carbons (Fsp3) is 0.348. The highest BCUT2D eigenvalue weighted by Gasteiger charge is 2.30. The van der Waals surface area contributed by atoms with Crippen LogP contribution in [0, 0.1) is 6.92 Å². The van der Waals surface area contributed by atoms with E-state index >= 15 is 0 Å². The molecule has 0 N–H and O–H groups in total. The van der Waals surface area contributed by atoms with Gasteiger partial charge in [0.1, 0.15) is 22.8 Å². The standard InChI is InChI=1S/C23H24O4/c1-14-11-21-18(13-20(14)25-4)17(8-10-26-21)22(24)16-5-6-19-15(12-16)7-9-23(2,3)27-19/h5-7,9,11-13,17H,8,10H2,1-4H3. The molecule has 140 valence electrons. The molecule has 2 aliphatic rings. The summed E-state index contributed by atoms with van der Waals surface area (Å²) in [5, 5.41) is 0. The predicted octanol–water partition coefficient (Wildman–Crippen LogP) is 4.94. The Hall–Kier alpha value is -2.75. The molecule has 1 atom stereocenters. The molecule has 2 aliphatic heterocycles. The summed E-state index contributed by atoms with van der Waals surface area (Å²) < 4.78 is 17.2. The first-order valence-electron chi connectivity index (χ1n) is 9.26. The maximum Gasteiger partial charge on any atom is 0.170 e. The minimum atomic E-state index is -0.327. The van der Waals surface area contributed by atoms with Crippen molar-refractivity contribution in [2.75, 3.05) is 13.7 Å². The number of hydrogen-bond acceptors (Lipinski definition) is 4. The second-order valence-corrected chi connectivity index (χ2v) is 7.71. The van der Waals surface area contributed by atoms with E-state index in [1.807, 2.05) is 63.3 Å². The number of ketones is 1. The summed E-state index contributed by atoms with van der Waals surface area (Å²) in [7, 11) is 1.65. The van der Waals surface area contributed by atoms with Gasteiger partial charge < -0.3 is 14.2 Å². The summed E-state index contributed by atoms with van der Waals surface area (Å²) >= 11 is 0. The smallest absolute Gasteiger partial charge is 0.170 e. The zero-order chi connectivity index (χ0) is 19.2. The number of rotatable bonds is 3. The third-order valence-electron chi connectivity index (χ3n) is 5.21. The summed E-state index contributed by atoms with van der Waals surface area (Å²) in [6.07, 6.45) is 4.70. The normalized spacial score (nSPS) is 19.3. The van der Waals surface area contributed by atoms with Gasteiger partial charge in [0.2, 0.25) is 0 Å². The number of hydrogen-bond donors (Lipinski definition) is 0. The molecule has 0 saturated heterocycles. The Morgan fingerprint density at radius 2 is 2.00 bits per heavy atom. The average Bonchev–Trinajstić information content (AvgIpc) is 2.65. The monoisotopic (exact) mass is 364 g/mol. The van der Waals surface area contributed by atoms with Crippen molar-refractivity contribution >= 4 is 11.9 Å². The minimum absolute atomic E-state index is 0.103. The van der Waals surface area contributed by atoms with Crippen LogP contribution in [-0.4, -0.2) is 25.1 Å². The fourth-order valence-corrected chi connectivity index (χ4v) is 3.74. The molecule has 2 aromatic carbocycles. The van der Waals surface area contributed by atoms with Crippen molar-refractivity contribution in [2.24, 2.45) is 0 Å². The Morgan fingerprint density at radius 3 is 2.78 bits per heavy atom. The zero-order valence-electron chi connectivity index (χ0n) is 16.2. The lowest BCUT2D eigenvalue weighted by molar-refractivity contribution is 0.0932. The fourth-order valence-electron chi connectivity index (χ4n) is 3.74. The van der Waals surface area contributed by atoms with Gasteiger partial charge in [-0.15, -0.1) is 0 Å². The Morgan fingerprint density at radius 1 is 1.19 bits per heavy atom. The molecule has 2 aromatic rings. The van der Waals surface area contributed by atoms with Gasteiger partial charge in [-0.25, -0.2) is 0 Å². The van der Waals surface area contributed by atoms with Gasteiger partial charge in [0.15, 0.2) is 5.78 Å². The van der Waals surface area contributed by atoms with Crippen molar-refractivity contribution in [1.29, 1.82) is 0 Å². The zero-order valence-corrected chi connectivity index (χ0v) is 16.2. The van der Waals surface area contributed by atoms with E-state index in [-0.39, 0.29) is 17.3 Å². The number of carbonyl (C=O) groups is 1. The van der Waals surface area contributed by atoms with Gasteiger partial charge in [-0.3, -0.25) is 4.79 Å². The quantitative estimate of drug-likeness (QED) is 0.724. The van der Waals surface area contributed by atoms with Crippen LogP contribution in [0.15, 0.2) is 36.4 Å². The van der Waals surface area contributed by atoms with Crippen molar-refractivity contribution in [3.63, 3.8) is 0 Å². The number of aryl methyl sites for hydroxylation is 1. The van der Waals surface area contributed by atoms with E-state index in [0.717, 1.165) is 33.9 Å². The van der Waals surface area contributed by atoms with Crippen LogP contribution in [-0.2, 0) is 0 Å². The summed E-state index contributed by atoms with van der Waals surface area (Å²) in [6.45, 7) is 6.54. The van der Waals surface area contributed by atoms with Gasteiger partial charge in [0.25, 0.3) is 0 Å². The van der Waals surface area contributed by atoms with Gasteiger partial charge in [0.05, 0.1) is 19.6 Å². The Labute approximate surface area is 159 Å². The maximum absolute atomic E-state index is 13.3. The average molecular weight is 364 g/mol. The second-order valence-electron chi connectivity index (χ2n) is 7.71.